The lowest BCUT2D eigenvalue weighted by molar-refractivity contribution is 0.115. The molecular weight excluding hydrogens is 216 g/mol. The normalized spacial score (nSPS) is 19.6. The zero-order chi connectivity index (χ0) is 12.7. The minimum atomic E-state index is -0.0409. The third-order valence-electron chi connectivity index (χ3n) is 3.51. The predicted molar refractivity (Wildman–Crippen MR) is 70.1 cm³/mol. The van der Waals surface area contributed by atoms with Gasteiger partial charge in [0.25, 0.3) is 0 Å². The third kappa shape index (κ3) is 5.82. The number of ether oxygens (including phenoxy) is 2. The van der Waals surface area contributed by atoms with E-state index in [0.29, 0.717) is 0 Å². The Morgan fingerprint density at radius 3 is 2.35 bits per heavy atom. The van der Waals surface area contributed by atoms with E-state index in [0.717, 1.165) is 45.2 Å². The number of methoxy groups -OCH3 is 2. The Hall–Kier alpha value is -0.160. The van der Waals surface area contributed by atoms with E-state index in [1.165, 1.54) is 12.8 Å². The maximum Gasteiger partial charge on any atom is 0.0589 e. The molecule has 0 amide bonds. The molecule has 1 atom stereocenters. The standard InChI is InChI=1S/C13H28N2O2/c1-13(14,12-5-6-12)11-15(8-10-17-3)7-4-9-16-2/h12H,4-11,14H2,1-3H3. The number of nitrogens with zero attached hydrogens (tertiary/aromatic N) is 1. The summed E-state index contributed by atoms with van der Waals surface area (Å²) in [6.45, 7) is 6.73. The molecule has 0 aliphatic heterocycles. The van der Waals surface area contributed by atoms with Crippen molar-refractivity contribution >= 4 is 0 Å². The molecule has 0 aromatic carbocycles. The number of rotatable bonds is 10. The van der Waals surface area contributed by atoms with E-state index in [1.54, 1.807) is 14.2 Å². The van der Waals surface area contributed by atoms with Gasteiger partial charge in [-0.25, -0.2) is 0 Å². The summed E-state index contributed by atoms with van der Waals surface area (Å²) in [5.41, 5.74) is 6.34. The van der Waals surface area contributed by atoms with E-state index in [-0.39, 0.29) is 5.54 Å². The molecule has 1 aliphatic carbocycles. The topological polar surface area (TPSA) is 47.7 Å². The van der Waals surface area contributed by atoms with E-state index in [9.17, 15) is 0 Å². The van der Waals surface area contributed by atoms with Crippen LogP contribution in [0.25, 0.3) is 0 Å². The van der Waals surface area contributed by atoms with Gasteiger partial charge in [-0.2, -0.15) is 0 Å². The fourth-order valence-corrected chi connectivity index (χ4v) is 2.28. The van der Waals surface area contributed by atoms with Crippen LogP contribution in [0.3, 0.4) is 0 Å². The average molecular weight is 244 g/mol. The summed E-state index contributed by atoms with van der Waals surface area (Å²) in [6.07, 6.45) is 3.65. The second-order valence-electron chi connectivity index (χ2n) is 5.40. The maximum atomic E-state index is 6.39. The lowest BCUT2D eigenvalue weighted by Crippen LogP contribution is -2.50. The van der Waals surface area contributed by atoms with Crippen LogP contribution < -0.4 is 5.73 Å². The fraction of sp³-hybridized carbons (Fsp3) is 1.00. The second kappa shape index (κ2) is 7.31. The van der Waals surface area contributed by atoms with Crippen LogP contribution in [0.1, 0.15) is 26.2 Å². The maximum absolute atomic E-state index is 6.39. The van der Waals surface area contributed by atoms with Crippen LogP contribution in [0.5, 0.6) is 0 Å². The number of hydrogen-bond acceptors (Lipinski definition) is 4. The first-order chi connectivity index (χ1) is 8.10. The molecule has 1 aliphatic rings. The minimum absolute atomic E-state index is 0.0409. The highest BCUT2D eigenvalue weighted by atomic mass is 16.5. The predicted octanol–water partition coefficient (Wildman–Crippen LogP) is 1.10. The van der Waals surface area contributed by atoms with Crippen molar-refractivity contribution in [3.8, 4) is 0 Å². The van der Waals surface area contributed by atoms with Crippen molar-refractivity contribution in [2.75, 3.05) is 47.1 Å². The molecule has 2 N–H and O–H groups in total. The zero-order valence-corrected chi connectivity index (χ0v) is 11.6. The van der Waals surface area contributed by atoms with Crippen molar-refractivity contribution < 1.29 is 9.47 Å². The molecule has 1 unspecified atom stereocenters. The number of nitrogens with two attached hydrogens (primary N) is 1. The quantitative estimate of drug-likeness (QED) is 0.585. The van der Waals surface area contributed by atoms with Crippen molar-refractivity contribution in [3.63, 3.8) is 0 Å². The molecule has 1 rings (SSSR count). The van der Waals surface area contributed by atoms with E-state index in [1.807, 2.05) is 0 Å². The third-order valence-corrected chi connectivity index (χ3v) is 3.51. The molecule has 0 heterocycles. The smallest absolute Gasteiger partial charge is 0.0589 e. The Morgan fingerprint density at radius 2 is 1.82 bits per heavy atom. The van der Waals surface area contributed by atoms with Gasteiger partial charge in [0.05, 0.1) is 6.61 Å². The van der Waals surface area contributed by atoms with Crippen LogP contribution in [-0.2, 0) is 9.47 Å². The average Bonchev–Trinajstić information content (AvgIpc) is 3.09. The van der Waals surface area contributed by atoms with Crippen molar-refractivity contribution in [2.45, 2.75) is 31.7 Å². The first-order valence-electron chi connectivity index (χ1n) is 6.59. The zero-order valence-electron chi connectivity index (χ0n) is 11.6. The molecule has 4 nitrogen and oxygen atoms in total. The first kappa shape index (κ1) is 14.9. The van der Waals surface area contributed by atoms with Crippen LogP contribution >= 0.6 is 0 Å². The summed E-state index contributed by atoms with van der Waals surface area (Å²) in [6, 6.07) is 0. The van der Waals surface area contributed by atoms with Gasteiger partial charge in [0.2, 0.25) is 0 Å². The molecule has 0 radical (unpaired) electrons. The van der Waals surface area contributed by atoms with Gasteiger partial charge in [-0.05, 0) is 32.1 Å². The summed E-state index contributed by atoms with van der Waals surface area (Å²) < 4.78 is 10.3. The molecule has 0 aromatic rings. The van der Waals surface area contributed by atoms with E-state index in [2.05, 4.69) is 11.8 Å². The highest BCUT2D eigenvalue weighted by molar-refractivity contribution is 4.97. The Bertz CT molecular complexity index is 206. The van der Waals surface area contributed by atoms with Gasteiger partial charge in [-0.1, -0.05) is 0 Å². The molecule has 0 saturated heterocycles. The summed E-state index contributed by atoms with van der Waals surface area (Å²) in [4.78, 5) is 2.40. The highest BCUT2D eigenvalue weighted by Crippen LogP contribution is 2.38. The molecule has 0 spiro atoms. The Kier molecular flexibility index (Phi) is 6.41. The van der Waals surface area contributed by atoms with Crippen molar-refractivity contribution in [1.29, 1.82) is 0 Å². The van der Waals surface area contributed by atoms with Crippen LogP contribution in [0, 0.1) is 5.92 Å². The fourth-order valence-electron chi connectivity index (χ4n) is 2.28. The van der Waals surface area contributed by atoms with Gasteiger partial charge in [-0.3, -0.25) is 4.90 Å². The number of hydrogen-bond donors (Lipinski definition) is 1. The van der Waals surface area contributed by atoms with Crippen LogP contribution in [0.2, 0.25) is 0 Å². The lowest BCUT2D eigenvalue weighted by atomic mass is 9.96. The molecular formula is C13H28N2O2. The summed E-state index contributed by atoms with van der Waals surface area (Å²) in [7, 11) is 3.49. The van der Waals surface area contributed by atoms with Gasteiger partial charge in [0.15, 0.2) is 0 Å². The lowest BCUT2D eigenvalue weighted by Gasteiger charge is -2.32. The Balaban J connectivity index is 2.32. The first-order valence-corrected chi connectivity index (χ1v) is 6.59. The van der Waals surface area contributed by atoms with Crippen molar-refractivity contribution in [2.24, 2.45) is 11.7 Å². The molecule has 0 aromatic heterocycles. The second-order valence-corrected chi connectivity index (χ2v) is 5.40. The molecule has 1 saturated carbocycles. The van der Waals surface area contributed by atoms with Crippen molar-refractivity contribution in [3.05, 3.63) is 0 Å². The van der Waals surface area contributed by atoms with Gasteiger partial charge in [0, 0.05) is 46.0 Å². The van der Waals surface area contributed by atoms with E-state index < -0.39 is 0 Å². The summed E-state index contributed by atoms with van der Waals surface area (Å²) in [5, 5.41) is 0. The van der Waals surface area contributed by atoms with Crippen LogP contribution in [0.4, 0.5) is 0 Å². The van der Waals surface area contributed by atoms with Gasteiger partial charge >= 0.3 is 0 Å². The van der Waals surface area contributed by atoms with Crippen LogP contribution in [0.15, 0.2) is 0 Å². The SMILES string of the molecule is COCCCN(CCOC)CC(C)(N)C1CC1. The minimum Gasteiger partial charge on any atom is -0.385 e. The molecule has 4 heteroatoms. The van der Waals surface area contributed by atoms with Gasteiger partial charge < -0.3 is 15.2 Å². The molecule has 102 valence electrons. The monoisotopic (exact) mass is 244 g/mol. The van der Waals surface area contributed by atoms with Gasteiger partial charge in [0.1, 0.15) is 0 Å². The summed E-state index contributed by atoms with van der Waals surface area (Å²) in [5.74, 6) is 0.718. The Morgan fingerprint density at radius 1 is 1.18 bits per heavy atom. The van der Waals surface area contributed by atoms with Crippen LogP contribution in [-0.4, -0.2) is 57.5 Å². The molecule has 0 bridgehead atoms. The van der Waals surface area contributed by atoms with Crippen molar-refractivity contribution in [1.82, 2.24) is 4.90 Å². The molecule has 17 heavy (non-hydrogen) atoms. The Labute approximate surface area is 105 Å². The largest absolute Gasteiger partial charge is 0.385 e. The summed E-state index contributed by atoms with van der Waals surface area (Å²) >= 11 is 0. The highest BCUT2D eigenvalue weighted by Gasteiger charge is 2.39. The van der Waals surface area contributed by atoms with Gasteiger partial charge in [-0.15, -0.1) is 0 Å². The molecule has 1 fully saturated rings. The van der Waals surface area contributed by atoms with E-state index in [4.69, 9.17) is 15.2 Å². The van der Waals surface area contributed by atoms with E-state index >= 15 is 0 Å².